The number of methoxy groups -OCH3 is 2. The molecular formula is C13H18FNO3. The summed E-state index contributed by atoms with van der Waals surface area (Å²) in [5.74, 6) is 0.294. The topological polar surface area (TPSA) is 53.7 Å². The second-order valence-electron chi connectivity index (χ2n) is 4.64. The number of ether oxygens (including phenoxy) is 3. The van der Waals surface area contributed by atoms with Gasteiger partial charge in [0.25, 0.3) is 0 Å². The molecule has 0 fully saturated rings. The summed E-state index contributed by atoms with van der Waals surface area (Å²) < 4.78 is 29.5. The highest BCUT2D eigenvalue weighted by Crippen LogP contribution is 2.39. The van der Waals surface area contributed by atoms with Crippen LogP contribution in [0.25, 0.3) is 0 Å². The zero-order valence-electron chi connectivity index (χ0n) is 10.6. The largest absolute Gasteiger partial charge is 0.482 e. The molecule has 4 nitrogen and oxygen atoms in total. The molecule has 5 heteroatoms. The van der Waals surface area contributed by atoms with Crippen LogP contribution in [0.1, 0.15) is 18.0 Å². The molecule has 1 unspecified atom stereocenters. The van der Waals surface area contributed by atoms with E-state index < -0.39 is 5.60 Å². The predicted molar refractivity (Wildman–Crippen MR) is 65.1 cm³/mol. The second kappa shape index (κ2) is 5.22. The van der Waals surface area contributed by atoms with E-state index in [9.17, 15) is 4.39 Å². The average Bonchev–Trinajstić information content (AvgIpc) is 2.31. The number of fused-ring (bicyclic) bond motifs is 1. The molecule has 1 heterocycles. The molecule has 0 aliphatic carbocycles. The van der Waals surface area contributed by atoms with Crippen molar-refractivity contribution in [2.24, 2.45) is 5.73 Å². The van der Waals surface area contributed by atoms with Crippen molar-refractivity contribution in [3.05, 3.63) is 29.6 Å². The Bertz CT molecular complexity index is 419. The van der Waals surface area contributed by atoms with Gasteiger partial charge in [-0.25, -0.2) is 4.39 Å². The number of nitrogens with two attached hydrogens (primary N) is 1. The monoisotopic (exact) mass is 255 g/mol. The molecule has 2 N–H and O–H groups in total. The highest BCUT2D eigenvalue weighted by molar-refractivity contribution is 5.39. The highest BCUT2D eigenvalue weighted by atomic mass is 19.1. The number of rotatable bonds is 4. The minimum absolute atomic E-state index is 0.283. The van der Waals surface area contributed by atoms with Gasteiger partial charge in [-0.15, -0.1) is 0 Å². The third-order valence-electron chi connectivity index (χ3n) is 3.10. The quantitative estimate of drug-likeness (QED) is 0.888. The summed E-state index contributed by atoms with van der Waals surface area (Å²) in [6, 6.07) is 4.10. The van der Waals surface area contributed by atoms with E-state index in [0.717, 1.165) is 0 Å². The molecule has 0 radical (unpaired) electrons. The van der Waals surface area contributed by atoms with Gasteiger partial charge in [0.15, 0.2) is 5.60 Å². The number of halogens is 1. The lowest BCUT2D eigenvalue weighted by Crippen LogP contribution is -2.50. The summed E-state index contributed by atoms with van der Waals surface area (Å²) in [5.41, 5.74) is 6.18. The zero-order chi connectivity index (χ0) is 13.2. The molecule has 1 aliphatic rings. The summed E-state index contributed by atoms with van der Waals surface area (Å²) in [7, 11) is 3.21. The van der Waals surface area contributed by atoms with E-state index in [-0.39, 0.29) is 11.9 Å². The first kappa shape index (κ1) is 13.3. The van der Waals surface area contributed by atoms with Crippen molar-refractivity contribution in [1.82, 2.24) is 0 Å². The van der Waals surface area contributed by atoms with E-state index in [1.807, 2.05) is 0 Å². The van der Waals surface area contributed by atoms with Gasteiger partial charge < -0.3 is 19.9 Å². The van der Waals surface area contributed by atoms with Crippen LogP contribution < -0.4 is 10.5 Å². The van der Waals surface area contributed by atoms with Crippen molar-refractivity contribution in [2.45, 2.75) is 18.1 Å². The van der Waals surface area contributed by atoms with Gasteiger partial charge in [0, 0.05) is 32.2 Å². The summed E-state index contributed by atoms with van der Waals surface area (Å²) in [5, 5.41) is 0. The summed E-state index contributed by atoms with van der Waals surface area (Å²) in [6.07, 6.45) is 0.533. The molecule has 1 aromatic carbocycles. The highest BCUT2D eigenvalue weighted by Gasteiger charge is 2.40. The number of hydrogen-bond acceptors (Lipinski definition) is 4. The fraction of sp³-hybridized carbons (Fsp3) is 0.538. The molecule has 100 valence electrons. The van der Waals surface area contributed by atoms with Crippen LogP contribution in [0.4, 0.5) is 4.39 Å². The molecule has 2 rings (SSSR count). The SMILES string of the molecule is COCC1(COC)CC(N)c2cc(F)ccc2O1. The molecule has 1 atom stereocenters. The first-order valence-corrected chi connectivity index (χ1v) is 5.82. The lowest BCUT2D eigenvalue weighted by molar-refractivity contribution is -0.0755. The molecule has 0 saturated carbocycles. The van der Waals surface area contributed by atoms with Crippen LogP contribution in [-0.2, 0) is 9.47 Å². The van der Waals surface area contributed by atoms with Gasteiger partial charge in [0.1, 0.15) is 11.6 Å². The second-order valence-corrected chi connectivity index (χ2v) is 4.64. The smallest absolute Gasteiger partial charge is 0.157 e. The minimum Gasteiger partial charge on any atom is -0.482 e. The van der Waals surface area contributed by atoms with Crippen LogP contribution >= 0.6 is 0 Å². The lowest BCUT2D eigenvalue weighted by atomic mass is 9.88. The summed E-state index contributed by atoms with van der Waals surface area (Å²) >= 11 is 0. The molecule has 0 spiro atoms. The van der Waals surface area contributed by atoms with Crippen molar-refractivity contribution < 1.29 is 18.6 Å². The third-order valence-corrected chi connectivity index (χ3v) is 3.10. The maximum absolute atomic E-state index is 13.2. The Kier molecular flexibility index (Phi) is 3.85. The van der Waals surface area contributed by atoms with Crippen molar-refractivity contribution in [3.63, 3.8) is 0 Å². The maximum atomic E-state index is 13.2. The van der Waals surface area contributed by atoms with Gasteiger partial charge in [0.05, 0.1) is 13.2 Å². The lowest BCUT2D eigenvalue weighted by Gasteiger charge is -2.40. The third kappa shape index (κ3) is 2.48. The fourth-order valence-corrected chi connectivity index (χ4v) is 2.43. The van der Waals surface area contributed by atoms with E-state index >= 15 is 0 Å². The molecule has 1 aromatic rings. The molecule has 0 saturated heterocycles. The predicted octanol–water partition coefficient (Wildman–Crippen LogP) is 1.64. The van der Waals surface area contributed by atoms with E-state index in [0.29, 0.717) is 30.9 Å². The normalized spacial score (nSPS) is 21.2. The van der Waals surface area contributed by atoms with Gasteiger partial charge >= 0.3 is 0 Å². The Morgan fingerprint density at radius 2 is 2.06 bits per heavy atom. The van der Waals surface area contributed by atoms with Crippen LogP contribution in [-0.4, -0.2) is 33.0 Å². The van der Waals surface area contributed by atoms with Crippen molar-refractivity contribution >= 4 is 0 Å². The first-order valence-electron chi connectivity index (χ1n) is 5.82. The van der Waals surface area contributed by atoms with Crippen LogP contribution in [0, 0.1) is 5.82 Å². The van der Waals surface area contributed by atoms with Gasteiger partial charge in [-0.2, -0.15) is 0 Å². The first-order chi connectivity index (χ1) is 8.60. The van der Waals surface area contributed by atoms with E-state index in [2.05, 4.69) is 0 Å². The molecule has 0 aromatic heterocycles. The molecule has 0 amide bonds. The summed E-state index contributed by atoms with van der Waals surface area (Å²) in [4.78, 5) is 0. The molecular weight excluding hydrogens is 237 g/mol. The minimum atomic E-state index is -0.603. The number of hydrogen-bond donors (Lipinski definition) is 1. The zero-order valence-corrected chi connectivity index (χ0v) is 10.6. The summed E-state index contributed by atoms with van der Waals surface area (Å²) in [6.45, 7) is 0.761. The standard InChI is InChI=1S/C13H18FNO3/c1-16-7-13(8-17-2)6-11(15)10-5-9(14)3-4-12(10)18-13/h3-5,11H,6-8,15H2,1-2H3. The van der Waals surface area contributed by atoms with Crippen LogP contribution in [0.2, 0.25) is 0 Å². The Morgan fingerprint density at radius 1 is 1.39 bits per heavy atom. The van der Waals surface area contributed by atoms with Gasteiger partial charge in [-0.3, -0.25) is 0 Å². The van der Waals surface area contributed by atoms with Crippen molar-refractivity contribution in [2.75, 3.05) is 27.4 Å². The molecule has 18 heavy (non-hydrogen) atoms. The fourth-order valence-electron chi connectivity index (χ4n) is 2.43. The Labute approximate surface area is 106 Å². The van der Waals surface area contributed by atoms with Gasteiger partial charge in [0.2, 0.25) is 0 Å². The maximum Gasteiger partial charge on any atom is 0.157 e. The van der Waals surface area contributed by atoms with E-state index in [1.54, 1.807) is 20.3 Å². The number of benzene rings is 1. The van der Waals surface area contributed by atoms with E-state index in [1.165, 1.54) is 12.1 Å². The van der Waals surface area contributed by atoms with Crippen molar-refractivity contribution in [3.8, 4) is 5.75 Å². The Morgan fingerprint density at radius 3 is 2.67 bits per heavy atom. The average molecular weight is 255 g/mol. The molecule has 0 bridgehead atoms. The molecule has 1 aliphatic heterocycles. The van der Waals surface area contributed by atoms with Crippen LogP contribution in [0.15, 0.2) is 18.2 Å². The van der Waals surface area contributed by atoms with Crippen LogP contribution in [0.5, 0.6) is 5.75 Å². The van der Waals surface area contributed by atoms with Gasteiger partial charge in [-0.05, 0) is 18.2 Å². The van der Waals surface area contributed by atoms with Crippen LogP contribution in [0.3, 0.4) is 0 Å². The van der Waals surface area contributed by atoms with E-state index in [4.69, 9.17) is 19.9 Å². The van der Waals surface area contributed by atoms with Crippen molar-refractivity contribution in [1.29, 1.82) is 0 Å². The van der Waals surface area contributed by atoms with Gasteiger partial charge in [-0.1, -0.05) is 0 Å². The Hall–Kier alpha value is -1.17. The Balaban J connectivity index is 2.32.